The van der Waals surface area contributed by atoms with Gasteiger partial charge >= 0.3 is 5.97 Å². The van der Waals surface area contributed by atoms with Crippen LogP contribution in [0.4, 0.5) is 5.69 Å². The first kappa shape index (κ1) is 11.3. The molecule has 0 radical (unpaired) electrons. The maximum atomic E-state index is 10.7. The Labute approximate surface area is 99.5 Å². The molecule has 1 aromatic carbocycles. The number of anilines is 1. The Balaban J connectivity index is 2.25. The van der Waals surface area contributed by atoms with Crippen LogP contribution in [-0.2, 0) is 4.79 Å². The normalized spacial score (nSPS) is 19.4. The lowest BCUT2D eigenvalue weighted by molar-refractivity contribution is -0.137. The molecule has 1 unspecified atom stereocenters. The van der Waals surface area contributed by atoms with Gasteiger partial charge in [0, 0.05) is 23.7 Å². The third-order valence-corrected chi connectivity index (χ3v) is 4.07. The summed E-state index contributed by atoms with van der Waals surface area (Å²) in [7, 11) is 1.97. The van der Waals surface area contributed by atoms with Gasteiger partial charge in [-0.2, -0.15) is 0 Å². The van der Waals surface area contributed by atoms with Crippen molar-refractivity contribution in [3.63, 3.8) is 0 Å². The Bertz CT molecular complexity index is 419. The molecule has 0 aliphatic carbocycles. The van der Waals surface area contributed by atoms with E-state index in [0.717, 1.165) is 11.4 Å². The molecule has 0 bridgehead atoms. The standard InChI is InChI=1S/C12H15NO2S/c1-8-3-4-10-11(5-8)16-7-9(13(10)2)6-12(14)15/h3-5,9H,6-7H2,1-2H3,(H,14,15). The summed E-state index contributed by atoms with van der Waals surface area (Å²) in [6, 6.07) is 6.40. The lowest BCUT2D eigenvalue weighted by atomic mass is 10.1. The molecule has 0 saturated carbocycles. The Morgan fingerprint density at radius 3 is 3.06 bits per heavy atom. The van der Waals surface area contributed by atoms with Crippen molar-refractivity contribution in [3.05, 3.63) is 23.8 Å². The number of carbonyl (C=O) groups is 1. The number of hydrogen-bond donors (Lipinski definition) is 1. The fourth-order valence-corrected chi connectivity index (χ4v) is 3.26. The van der Waals surface area contributed by atoms with Crippen LogP contribution in [0.5, 0.6) is 0 Å². The average molecular weight is 237 g/mol. The molecule has 0 aromatic heterocycles. The van der Waals surface area contributed by atoms with Crippen molar-refractivity contribution in [1.29, 1.82) is 0 Å². The van der Waals surface area contributed by atoms with Crippen molar-refractivity contribution < 1.29 is 9.90 Å². The molecule has 86 valence electrons. The summed E-state index contributed by atoms with van der Waals surface area (Å²) in [6.45, 7) is 2.07. The van der Waals surface area contributed by atoms with Crippen LogP contribution >= 0.6 is 11.8 Å². The minimum atomic E-state index is -0.729. The lowest BCUT2D eigenvalue weighted by Gasteiger charge is -2.34. The SMILES string of the molecule is Cc1ccc2c(c1)SCC(CC(=O)O)N2C. The fraction of sp³-hybridized carbons (Fsp3) is 0.417. The first-order valence-electron chi connectivity index (χ1n) is 5.26. The molecule has 0 amide bonds. The van der Waals surface area contributed by atoms with E-state index in [0.29, 0.717) is 0 Å². The van der Waals surface area contributed by atoms with Gasteiger partial charge in [0.05, 0.1) is 12.1 Å². The number of carboxylic acid groups (broad SMARTS) is 1. The number of thioether (sulfide) groups is 1. The van der Waals surface area contributed by atoms with Gasteiger partial charge in [-0.3, -0.25) is 4.79 Å². The van der Waals surface area contributed by atoms with Gasteiger partial charge in [-0.1, -0.05) is 6.07 Å². The van der Waals surface area contributed by atoms with Gasteiger partial charge in [0.15, 0.2) is 0 Å². The molecule has 1 N–H and O–H groups in total. The second-order valence-corrected chi connectivity index (χ2v) is 5.21. The Morgan fingerprint density at radius 1 is 1.62 bits per heavy atom. The van der Waals surface area contributed by atoms with E-state index in [4.69, 9.17) is 5.11 Å². The second-order valence-electron chi connectivity index (χ2n) is 4.14. The van der Waals surface area contributed by atoms with Gasteiger partial charge < -0.3 is 10.0 Å². The van der Waals surface area contributed by atoms with Gasteiger partial charge in [-0.25, -0.2) is 0 Å². The van der Waals surface area contributed by atoms with Gasteiger partial charge in [-0.05, 0) is 24.6 Å². The number of hydrogen-bond acceptors (Lipinski definition) is 3. The number of nitrogens with zero attached hydrogens (tertiary/aromatic N) is 1. The maximum absolute atomic E-state index is 10.7. The van der Waals surface area contributed by atoms with Gasteiger partial charge in [0.2, 0.25) is 0 Å². The van der Waals surface area contributed by atoms with Crippen LogP contribution in [-0.4, -0.2) is 29.9 Å². The van der Waals surface area contributed by atoms with Crippen molar-refractivity contribution in [2.24, 2.45) is 0 Å². The highest BCUT2D eigenvalue weighted by Crippen LogP contribution is 2.37. The van der Waals surface area contributed by atoms with Crippen LogP contribution in [0.1, 0.15) is 12.0 Å². The molecule has 4 heteroatoms. The van der Waals surface area contributed by atoms with Gasteiger partial charge in [0.1, 0.15) is 0 Å². The summed E-state index contributed by atoms with van der Waals surface area (Å²) in [5.74, 6) is 0.118. The molecule has 0 saturated heterocycles. The first-order valence-corrected chi connectivity index (χ1v) is 6.24. The van der Waals surface area contributed by atoms with Gasteiger partial charge in [-0.15, -0.1) is 11.8 Å². The number of benzene rings is 1. The number of rotatable bonds is 2. The van der Waals surface area contributed by atoms with E-state index in [1.807, 2.05) is 7.05 Å². The molecule has 1 atom stereocenters. The molecule has 0 fully saturated rings. The number of carboxylic acids is 1. The van der Waals surface area contributed by atoms with E-state index in [1.165, 1.54) is 10.5 Å². The number of aliphatic carboxylic acids is 1. The summed E-state index contributed by atoms with van der Waals surface area (Å²) in [5.41, 5.74) is 2.39. The van der Waals surface area contributed by atoms with Crippen molar-refractivity contribution >= 4 is 23.4 Å². The van der Waals surface area contributed by atoms with Crippen LogP contribution < -0.4 is 4.90 Å². The molecule has 1 aromatic rings. The summed E-state index contributed by atoms with van der Waals surface area (Å²) >= 11 is 1.75. The molecule has 16 heavy (non-hydrogen) atoms. The van der Waals surface area contributed by atoms with E-state index in [-0.39, 0.29) is 12.5 Å². The summed E-state index contributed by atoms with van der Waals surface area (Å²) < 4.78 is 0. The molecule has 1 heterocycles. The second kappa shape index (κ2) is 4.37. The third kappa shape index (κ3) is 2.16. The largest absolute Gasteiger partial charge is 0.481 e. The first-order chi connectivity index (χ1) is 7.58. The molecule has 1 aliphatic heterocycles. The molecule has 3 nitrogen and oxygen atoms in total. The Hall–Kier alpha value is -1.16. The van der Waals surface area contributed by atoms with E-state index < -0.39 is 5.97 Å². The Kier molecular flexibility index (Phi) is 3.10. The quantitative estimate of drug-likeness (QED) is 0.857. The average Bonchev–Trinajstić information content (AvgIpc) is 2.22. The van der Waals surface area contributed by atoms with Crippen molar-refractivity contribution in [1.82, 2.24) is 0 Å². The topological polar surface area (TPSA) is 40.5 Å². The zero-order valence-electron chi connectivity index (χ0n) is 9.43. The zero-order valence-corrected chi connectivity index (χ0v) is 10.3. The minimum Gasteiger partial charge on any atom is -0.481 e. The predicted octanol–water partition coefficient (Wildman–Crippen LogP) is 2.38. The third-order valence-electron chi connectivity index (χ3n) is 2.88. The van der Waals surface area contributed by atoms with Crippen LogP contribution in [0, 0.1) is 6.92 Å². The summed E-state index contributed by atoms with van der Waals surface area (Å²) in [4.78, 5) is 14.1. The highest BCUT2D eigenvalue weighted by atomic mass is 32.2. The minimum absolute atomic E-state index is 0.0951. The lowest BCUT2D eigenvalue weighted by Crippen LogP contribution is -2.38. The molecule has 2 rings (SSSR count). The van der Waals surface area contributed by atoms with Crippen LogP contribution in [0.2, 0.25) is 0 Å². The molecular weight excluding hydrogens is 222 g/mol. The molecule has 0 spiro atoms. The van der Waals surface area contributed by atoms with Crippen molar-refractivity contribution in [2.45, 2.75) is 24.3 Å². The van der Waals surface area contributed by atoms with Crippen LogP contribution in [0.25, 0.3) is 0 Å². The maximum Gasteiger partial charge on any atom is 0.305 e. The van der Waals surface area contributed by atoms with Crippen LogP contribution in [0.3, 0.4) is 0 Å². The Morgan fingerprint density at radius 2 is 2.38 bits per heavy atom. The summed E-state index contributed by atoms with van der Waals surface area (Å²) in [6.07, 6.45) is 0.205. The van der Waals surface area contributed by atoms with E-state index in [1.54, 1.807) is 11.8 Å². The highest BCUT2D eigenvalue weighted by molar-refractivity contribution is 7.99. The zero-order chi connectivity index (χ0) is 11.7. The smallest absolute Gasteiger partial charge is 0.305 e. The monoisotopic (exact) mass is 237 g/mol. The van der Waals surface area contributed by atoms with E-state index >= 15 is 0 Å². The van der Waals surface area contributed by atoms with Crippen molar-refractivity contribution in [3.8, 4) is 0 Å². The van der Waals surface area contributed by atoms with E-state index in [2.05, 4.69) is 30.0 Å². The van der Waals surface area contributed by atoms with Crippen molar-refractivity contribution in [2.75, 3.05) is 17.7 Å². The summed E-state index contributed by atoms with van der Waals surface area (Å²) in [5, 5.41) is 8.84. The van der Waals surface area contributed by atoms with Crippen LogP contribution in [0.15, 0.2) is 23.1 Å². The number of aryl methyl sites for hydroxylation is 1. The number of fused-ring (bicyclic) bond motifs is 1. The predicted molar refractivity (Wildman–Crippen MR) is 66.3 cm³/mol. The molecule has 1 aliphatic rings. The fourth-order valence-electron chi connectivity index (χ4n) is 1.92. The highest BCUT2D eigenvalue weighted by Gasteiger charge is 2.25. The van der Waals surface area contributed by atoms with E-state index in [9.17, 15) is 4.79 Å². The molecular formula is C12H15NO2S. The van der Waals surface area contributed by atoms with Gasteiger partial charge in [0.25, 0.3) is 0 Å².